The molecule has 0 amide bonds. The smallest absolute Gasteiger partial charge is 0.160 e. The van der Waals surface area contributed by atoms with Crippen LogP contribution in [0.1, 0.15) is 0 Å². The highest BCUT2D eigenvalue weighted by atomic mass is 16.3. The molecule has 13 rings (SSSR count). The van der Waals surface area contributed by atoms with Gasteiger partial charge >= 0.3 is 0 Å². The van der Waals surface area contributed by atoms with Crippen molar-refractivity contribution in [3.05, 3.63) is 194 Å². The number of hydrogen-bond donors (Lipinski definition) is 0. The summed E-state index contributed by atoms with van der Waals surface area (Å²) in [7, 11) is 0. The van der Waals surface area contributed by atoms with Gasteiger partial charge in [0.25, 0.3) is 0 Å². The third kappa shape index (κ3) is 4.61. The van der Waals surface area contributed by atoms with Crippen LogP contribution in [0.3, 0.4) is 0 Å². The van der Waals surface area contributed by atoms with Gasteiger partial charge in [0, 0.05) is 54.5 Å². The Morgan fingerprint density at radius 1 is 0.373 bits per heavy atom. The monoisotopic (exact) mass is 752 g/mol. The molecule has 4 heterocycles. The lowest BCUT2D eigenvalue weighted by atomic mass is 10.1. The van der Waals surface area contributed by atoms with E-state index in [1.54, 1.807) is 0 Å². The van der Waals surface area contributed by atoms with Crippen LogP contribution in [0.4, 0.5) is 0 Å². The number of fused-ring (bicyclic) bond motifs is 13. The van der Waals surface area contributed by atoms with Crippen molar-refractivity contribution in [1.82, 2.24) is 19.1 Å². The van der Waals surface area contributed by atoms with E-state index in [4.69, 9.17) is 14.4 Å². The molecule has 0 unspecified atom stereocenters. The molecule has 0 radical (unpaired) electrons. The van der Waals surface area contributed by atoms with Gasteiger partial charge in [0.1, 0.15) is 11.2 Å². The van der Waals surface area contributed by atoms with Crippen molar-refractivity contribution in [3.63, 3.8) is 0 Å². The molecule has 0 aliphatic heterocycles. The molecule has 0 bridgehead atoms. The van der Waals surface area contributed by atoms with Gasteiger partial charge < -0.3 is 13.6 Å². The third-order valence-electron chi connectivity index (χ3n) is 12.1. The van der Waals surface area contributed by atoms with E-state index in [0.29, 0.717) is 5.82 Å². The number of aromatic nitrogens is 4. The van der Waals surface area contributed by atoms with E-state index in [-0.39, 0.29) is 0 Å². The van der Waals surface area contributed by atoms with Crippen molar-refractivity contribution in [2.45, 2.75) is 0 Å². The van der Waals surface area contributed by atoms with Gasteiger partial charge in [-0.25, -0.2) is 9.97 Å². The number of benzene rings is 9. The highest BCUT2D eigenvalue weighted by molar-refractivity contribution is 6.31. The molecule has 4 aromatic heterocycles. The van der Waals surface area contributed by atoms with Crippen LogP contribution in [0, 0.1) is 0 Å². The Bertz CT molecular complexity index is 3830. The summed E-state index contributed by atoms with van der Waals surface area (Å²) in [6, 6.07) is 68.9. The normalized spacial score (nSPS) is 12.1. The summed E-state index contributed by atoms with van der Waals surface area (Å²) in [5.74, 6) is 0.704. The summed E-state index contributed by atoms with van der Waals surface area (Å²) in [4.78, 5) is 10.2. The molecule has 0 aliphatic rings. The van der Waals surface area contributed by atoms with Gasteiger partial charge in [0.15, 0.2) is 5.82 Å². The average molecular weight is 753 g/mol. The zero-order valence-electron chi connectivity index (χ0n) is 31.7. The van der Waals surface area contributed by atoms with Gasteiger partial charge in [-0.05, 0) is 72.1 Å². The van der Waals surface area contributed by atoms with Crippen molar-refractivity contribution in [1.29, 1.82) is 0 Å². The summed E-state index contributed by atoms with van der Waals surface area (Å²) in [5, 5.41) is 10.5. The SMILES string of the molecule is c1ccc(-c2nc(-c3ccc(-n4c5ccccc5c5c4ccc4c6ccc7oc8ccccc8c7c6n(-c6cccc7ccccc67)c45)cc3)nc3ccccc23)cc1. The molecule has 59 heavy (non-hydrogen) atoms. The number of hydrogen-bond acceptors (Lipinski definition) is 3. The predicted molar refractivity (Wildman–Crippen MR) is 244 cm³/mol. The molecule has 0 N–H and O–H groups in total. The minimum Gasteiger partial charge on any atom is -0.456 e. The molecule has 0 spiro atoms. The Balaban J connectivity index is 1.09. The zero-order valence-corrected chi connectivity index (χ0v) is 31.7. The summed E-state index contributed by atoms with van der Waals surface area (Å²) in [6.45, 7) is 0. The summed E-state index contributed by atoms with van der Waals surface area (Å²) >= 11 is 0. The van der Waals surface area contributed by atoms with Crippen LogP contribution in [0.15, 0.2) is 199 Å². The Morgan fingerprint density at radius 3 is 1.92 bits per heavy atom. The lowest BCUT2D eigenvalue weighted by Crippen LogP contribution is -1.97. The topological polar surface area (TPSA) is 48.8 Å². The average Bonchev–Trinajstić information content (AvgIpc) is 3.96. The fourth-order valence-electron chi connectivity index (χ4n) is 9.56. The molecule has 9 aromatic carbocycles. The van der Waals surface area contributed by atoms with Crippen molar-refractivity contribution in [3.8, 4) is 34.0 Å². The van der Waals surface area contributed by atoms with Crippen LogP contribution >= 0.6 is 0 Å². The zero-order chi connectivity index (χ0) is 38.6. The highest BCUT2D eigenvalue weighted by Crippen LogP contribution is 2.46. The second-order valence-corrected chi connectivity index (χ2v) is 15.3. The first-order chi connectivity index (χ1) is 29.3. The molecule has 13 aromatic rings. The highest BCUT2D eigenvalue weighted by Gasteiger charge is 2.24. The van der Waals surface area contributed by atoms with E-state index in [2.05, 4.69) is 179 Å². The molecule has 5 nitrogen and oxygen atoms in total. The lowest BCUT2D eigenvalue weighted by Gasteiger charge is -2.13. The summed E-state index contributed by atoms with van der Waals surface area (Å²) in [6.07, 6.45) is 0. The first-order valence-electron chi connectivity index (χ1n) is 20.0. The van der Waals surface area contributed by atoms with Gasteiger partial charge in [-0.2, -0.15) is 0 Å². The molecule has 5 heteroatoms. The van der Waals surface area contributed by atoms with Crippen molar-refractivity contribution < 1.29 is 4.42 Å². The Labute approximate surface area is 337 Å². The van der Waals surface area contributed by atoms with E-state index in [1.165, 1.54) is 37.8 Å². The number of furan rings is 1. The minimum atomic E-state index is 0.704. The number of para-hydroxylation sites is 3. The van der Waals surface area contributed by atoms with Crippen LogP contribution in [0.25, 0.3) is 121 Å². The fraction of sp³-hybridized carbons (Fsp3) is 0. The molecule has 0 saturated heterocycles. The second-order valence-electron chi connectivity index (χ2n) is 15.3. The Hall–Kier alpha value is -8.02. The van der Waals surface area contributed by atoms with Crippen LogP contribution in [0.2, 0.25) is 0 Å². The maximum atomic E-state index is 6.52. The predicted octanol–water partition coefficient (Wildman–Crippen LogP) is 14.2. The maximum absolute atomic E-state index is 6.52. The Morgan fingerprint density at radius 2 is 1.05 bits per heavy atom. The molecule has 0 fully saturated rings. The fourth-order valence-corrected chi connectivity index (χ4v) is 9.56. The molecule has 0 aliphatic carbocycles. The van der Waals surface area contributed by atoms with Gasteiger partial charge in [-0.15, -0.1) is 0 Å². The van der Waals surface area contributed by atoms with E-state index in [1.807, 2.05) is 24.3 Å². The van der Waals surface area contributed by atoms with E-state index in [9.17, 15) is 0 Å². The van der Waals surface area contributed by atoms with Crippen LogP contribution in [-0.2, 0) is 0 Å². The molecule has 0 saturated carbocycles. The van der Waals surface area contributed by atoms with Crippen molar-refractivity contribution in [2.24, 2.45) is 0 Å². The Kier molecular flexibility index (Phi) is 6.66. The van der Waals surface area contributed by atoms with Gasteiger partial charge in [0.05, 0.1) is 44.4 Å². The van der Waals surface area contributed by atoms with Crippen LogP contribution in [-0.4, -0.2) is 19.1 Å². The van der Waals surface area contributed by atoms with Gasteiger partial charge in [0.2, 0.25) is 0 Å². The quantitative estimate of drug-likeness (QED) is 0.180. The first kappa shape index (κ1) is 32.1. The molecular weight excluding hydrogens is 721 g/mol. The second kappa shape index (κ2) is 12.2. The molecule has 274 valence electrons. The van der Waals surface area contributed by atoms with Crippen LogP contribution in [0.5, 0.6) is 0 Å². The third-order valence-corrected chi connectivity index (χ3v) is 12.1. The number of rotatable bonds is 4. The van der Waals surface area contributed by atoms with E-state index >= 15 is 0 Å². The largest absolute Gasteiger partial charge is 0.456 e. The van der Waals surface area contributed by atoms with Gasteiger partial charge in [-0.1, -0.05) is 127 Å². The standard InChI is InChI=1S/C54H32N4O/c1-2-14-34(15-3-1)51-40-18-6-9-21-43(40)55-54(56-51)35-25-27-36(28-26-35)57-45-22-10-7-19-41(45)49-46(57)31-29-38-39-30-32-48-50(42-20-8-11-24-47(42)59-48)53(39)58(52(38)49)44-23-12-16-33-13-4-5-17-37(33)44/h1-32H. The maximum Gasteiger partial charge on any atom is 0.160 e. The molecular formula is C54H32N4O. The first-order valence-corrected chi connectivity index (χ1v) is 20.0. The summed E-state index contributed by atoms with van der Waals surface area (Å²) in [5.41, 5.74) is 12.5. The number of nitrogens with zero attached hydrogens (tertiary/aromatic N) is 4. The van der Waals surface area contributed by atoms with Crippen molar-refractivity contribution in [2.75, 3.05) is 0 Å². The van der Waals surface area contributed by atoms with Crippen LogP contribution < -0.4 is 0 Å². The summed E-state index contributed by atoms with van der Waals surface area (Å²) < 4.78 is 11.4. The van der Waals surface area contributed by atoms with E-state index in [0.717, 1.165) is 77.6 Å². The lowest BCUT2D eigenvalue weighted by molar-refractivity contribution is 0.669. The van der Waals surface area contributed by atoms with Crippen molar-refractivity contribution >= 4 is 87.2 Å². The van der Waals surface area contributed by atoms with Gasteiger partial charge in [-0.3, -0.25) is 0 Å². The minimum absolute atomic E-state index is 0.704. The molecule has 0 atom stereocenters. The van der Waals surface area contributed by atoms with E-state index < -0.39 is 0 Å².